The fourth-order valence-electron chi connectivity index (χ4n) is 2.12. The van der Waals surface area contributed by atoms with E-state index in [9.17, 15) is 9.90 Å². The molecule has 2 aromatic rings. The normalized spacial score (nSPS) is 12.4. The SMILES string of the molecule is CC(c1cccc(Cl)c1)N(C)CC(=O)c1ccc(O)cc1. The summed E-state index contributed by atoms with van der Waals surface area (Å²) in [5.41, 5.74) is 1.67. The van der Waals surface area contributed by atoms with Gasteiger partial charge in [-0.3, -0.25) is 9.69 Å². The number of carbonyl (C=O) groups is 1. The minimum atomic E-state index is 0.0198. The van der Waals surface area contributed by atoms with Crippen molar-refractivity contribution >= 4 is 17.4 Å². The van der Waals surface area contributed by atoms with Gasteiger partial charge in [-0.25, -0.2) is 0 Å². The summed E-state index contributed by atoms with van der Waals surface area (Å²) in [5.74, 6) is 0.179. The third-order valence-electron chi connectivity index (χ3n) is 3.57. The van der Waals surface area contributed by atoms with E-state index in [4.69, 9.17) is 11.6 Å². The molecular formula is C17H18ClNO2. The highest BCUT2D eigenvalue weighted by atomic mass is 35.5. The Bertz CT molecular complexity index is 625. The molecule has 0 aliphatic carbocycles. The number of aromatic hydroxyl groups is 1. The summed E-state index contributed by atoms with van der Waals surface area (Å²) in [6, 6.07) is 14.0. The van der Waals surface area contributed by atoms with Gasteiger partial charge in [0.05, 0.1) is 6.54 Å². The number of Topliss-reactive ketones (excluding diaryl/α,β-unsaturated/α-hetero) is 1. The van der Waals surface area contributed by atoms with E-state index in [2.05, 4.69) is 0 Å². The second kappa shape index (κ2) is 6.74. The van der Waals surface area contributed by atoms with Crippen LogP contribution in [0.2, 0.25) is 5.02 Å². The number of nitrogens with zero attached hydrogens (tertiary/aromatic N) is 1. The average molecular weight is 304 g/mol. The van der Waals surface area contributed by atoms with Crippen molar-refractivity contribution in [1.29, 1.82) is 0 Å². The average Bonchev–Trinajstić information content (AvgIpc) is 2.47. The first-order chi connectivity index (χ1) is 9.97. The van der Waals surface area contributed by atoms with E-state index in [0.717, 1.165) is 5.56 Å². The van der Waals surface area contributed by atoms with Gasteiger partial charge in [0, 0.05) is 16.6 Å². The lowest BCUT2D eigenvalue weighted by atomic mass is 10.1. The molecule has 0 aliphatic heterocycles. The standard InChI is InChI=1S/C17H18ClNO2/c1-12(14-4-3-5-15(18)10-14)19(2)11-17(21)13-6-8-16(20)9-7-13/h3-10,12,20H,11H2,1-2H3. The highest BCUT2D eigenvalue weighted by Crippen LogP contribution is 2.22. The molecule has 0 fully saturated rings. The summed E-state index contributed by atoms with van der Waals surface area (Å²) in [5, 5.41) is 9.94. The minimum absolute atomic E-state index is 0.0198. The van der Waals surface area contributed by atoms with Crippen LogP contribution in [0.15, 0.2) is 48.5 Å². The quantitative estimate of drug-likeness (QED) is 0.851. The van der Waals surface area contributed by atoms with Gasteiger partial charge in [-0.15, -0.1) is 0 Å². The molecule has 0 saturated carbocycles. The summed E-state index contributed by atoms with van der Waals surface area (Å²) < 4.78 is 0. The van der Waals surface area contributed by atoms with Crippen molar-refractivity contribution in [3.8, 4) is 5.75 Å². The van der Waals surface area contributed by atoms with Gasteiger partial charge in [0.25, 0.3) is 0 Å². The summed E-state index contributed by atoms with van der Waals surface area (Å²) in [7, 11) is 1.91. The van der Waals surface area contributed by atoms with Gasteiger partial charge in [0.15, 0.2) is 5.78 Å². The topological polar surface area (TPSA) is 40.5 Å². The van der Waals surface area contributed by atoms with E-state index < -0.39 is 0 Å². The number of halogens is 1. The Hall–Kier alpha value is -1.84. The van der Waals surface area contributed by atoms with E-state index in [-0.39, 0.29) is 17.6 Å². The molecule has 4 heteroatoms. The van der Waals surface area contributed by atoms with Crippen molar-refractivity contribution in [2.45, 2.75) is 13.0 Å². The summed E-state index contributed by atoms with van der Waals surface area (Å²) in [6.07, 6.45) is 0. The number of likely N-dealkylation sites (N-methyl/N-ethyl adjacent to an activating group) is 1. The molecule has 0 spiro atoms. The van der Waals surface area contributed by atoms with Crippen LogP contribution >= 0.6 is 11.6 Å². The monoisotopic (exact) mass is 303 g/mol. The lowest BCUT2D eigenvalue weighted by Crippen LogP contribution is -2.28. The first kappa shape index (κ1) is 15.5. The Morgan fingerprint density at radius 2 is 1.90 bits per heavy atom. The minimum Gasteiger partial charge on any atom is -0.508 e. The molecule has 110 valence electrons. The van der Waals surface area contributed by atoms with Gasteiger partial charge in [-0.1, -0.05) is 23.7 Å². The number of hydrogen-bond acceptors (Lipinski definition) is 3. The molecule has 0 bridgehead atoms. The molecule has 1 atom stereocenters. The highest BCUT2D eigenvalue weighted by molar-refractivity contribution is 6.30. The number of phenolic OH excluding ortho intramolecular Hbond substituents is 1. The predicted molar refractivity (Wildman–Crippen MR) is 84.9 cm³/mol. The van der Waals surface area contributed by atoms with Crippen LogP contribution in [0.4, 0.5) is 0 Å². The van der Waals surface area contributed by atoms with Crippen LogP contribution in [0.25, 0.3) is 0 Å². The van der Waals surface area contributed by atoms with Crippen molar-refractivity contribution in [3.05, 3.63) is 64.7 Å². The van der Waals surface area contributed by atoms with Gasteiger partial charge in [-0.05, 0) is 55.9 Å². The molecule has 21 heavy (non-hydrogen) atoms. The molecule has 0 saturated heterocycles. The van der Waals surface area contributed by atoms with Crippen molar-refractivity contribution < 1.29 is 9.90 Å². The summed E-state index contributed by atoms with van der Waals surface area (Å²) >= 11 is 6.00. The molecule has 2 rings (SSSR count). The van der Waals surface area contributed by atoms with E-state index >= 15 is 0 Å². The van der Waals surface area contributed by atoms with Gasteiger partial charge >= 0.3 is 0 Å². The molecule has 0 heterocycles. The second-order valence-electron chi connectivity index (χ2n) is 5.12. The Labute approximate surface area is 129 Å². The Morgan fingerprint density at radius 1 is 1.24 bits per heavy atom. The number of phenols is 1. The van der Waals surface area contributed by atoms with Gasteiger partial charge in [0.1, 0.15) is 5.75 Å². The summed E-state index contributed by atoms with van der Waals surface area (Å²) in [6.45, 7) is 2.34. The highest BCUT2D eigenvalue weighted by Gasteiger charge is 2.16. The first-order valence-electron chi connectivity index (χ1n) is 6.75. The lowest BCUT2D eigenvalue weighted by molar-refractivity contribution is 0.0925. The Kier molecular flexibility index (Phi) is 4.99. The Balaban J connectivity index is 2.05. The van der Waals surface area contributed by atoms with Crippen molar-refractivity contribution in [1.82, 2.24) is 4.90 Å². The maximum atomic E-state index is 12.2. The maximum Gasteiger partial charge on any atom is 0.176 e. The molecule has 0 aromatic heterocycles. The molecule has 0 aliphatic rings. The number of carbonyl (C=O) groups excluding carboxylic acids is 1. The molecule has 1 N–H and O–H groups in total. The second-order valence-corrected chi connectivity index (χ2v) is 5.55. The zero-order valence-electron chi connectivity index (χ0n) is 12.1. The number of rotatable bonds is 5. The zero-order valence-corrected chi connectivity index (χ0v) is 12.8. The smallest absolute Gasteiger partial charge is 0.176 e. The van der Waals surface area contributed by atoms with E-state index in [1.807, 2.05) is 43.1 Å². The van der Waals surface area contributed by atoms with Crippen LogP contribution in [0, 0.1) is 0 Å². The van der Waals surface area contributed by atoms with E-state index in [1.165, 1.54) is 12.1 Å². The molecule has 0 radical (unpaired) electrons. The summed E-state index contributed by atoms with van der Waals surface area (Å²) in [4.78, 5) is 14.2. The number of benzene rings is 2. The molecular weight excluding hydrogens is 286 g/mol. The van der Waals surface area contributed by atoms with Crippen LogP contribution in [-0.2, 0) is 0 Å². The van der Waals surface area contributed by atoms with E-state index in [1.54, 1.807) is 12.1 Å². The largest absolute Gasteiger partial charge is 0.508 e. The third kappa shape index (κ3) is 4.06. The third-order valence-corrected chi connectivity index (χ3v) is 3.81. The van der Waals surface area contributed by atoms with Gasteiger partial charge in [-0.2, -0.15) is 0 Å². The fourth-order valence-corrected chi connectivity index (χ4v) is 2.32. The van der Waals surface area contributed by atoms with Gasteiger partial charge < -0.3 is 5.11 Å². The molecule has 1 unspecified atom stereocenters. The van der Waals surface area contributed by atoms with Crippen LogP contribution in [0.5, 0.6) is 5.75 Å². The van der Waals surface area contributed by atoms with Crippen LogP contribution in [0.1, 0.15) is 28.9 Å². The lowest BCUT2D eigenvalue weighted by Gasteiger charge is -2.24. The van der Waals surface area contributed by atoms with Gasteiger partial charge in [0.2, 0.25) is 0 Å². The number of ketones is 1. The van der Waals surface area contributed by atoms with Crippen molar-refractivity contribution in [2.24, 2.45) is 0 Å². The van der Waals surface area contributed by atoms with Crippen LogP contribution < -0.4 is 0 Å². The fraction of sp³-hybridized carbons (Fsp3) is 0.235. The molecule has 3 nitrogen and oxygen atoms in total. The Morgan fingerprint density at radius 3 is 2.52 bits per heavy atom. The van der Waals surface area contributed by atoms with Crippen molar-refractivity contribution in [2.75, 3.05) is 13.6 Å². The number of hydrogen-bond donors (Lipinski definition) is 1. The predicted octanol–water partition coefficient (Wildman–Crippen LogP) is 3.92. The molecule has 2 aromatic carbocycles. The van der Waals surface area contributed by atoms with Crippen LogP contribution in [0.3, 0.4) is 0 Å². The zero-order chi connectivity index (χ0) is 15.4. The maximum absolute atomic E-state index is 12.2. The van der Waals surface area contributed by atoms with E-state index in [0.29, 0.717) is 17.1 Å². The molecule has 0 amide bonds. The van der Waals surface area contributed by atoms with Crippen molar-refractivity contribution in [3.63, 3.8) is 0 Å². The first-order valence-corrected chi connectivity index (χ1v) is 7.13. The van der Waals surface area contributed by atoms with Crippen LogP contribution in [-0.4, -0.2) is 29.4 Å².